The molecule has 1 aromatic carbocycles. The third-order valence-corrected chi connectivity index (χ3v) is 3.10. The number of amides is 1. The Hall–Kier alpha value is -1.55. The number of carbonyl (C=O) groups excluding carboxylic acids is 1. The van der Waals surface area contributed by atoms with E-state index in [4.69, 9.17) is 4.74 Å². The van der Waals surface area contributed by atoms with Crippen LogP contribution in [0.5, 0.6) is 5.75 Å². The Kier molecular flexibility index (Phi) is 4.20. The fraction of sp³-hybridized carbons (Fsp3) is 0.500. The van der Waals surface area contributed by atoms with E-state index in [2.05, 4.69) is 12.2 Å². The van der Waals surface area contributed by atoms with Crippen molar-refractivity contribution in [2.45, 2.75) is 38.7 Å². The van der Waals surface area contributed by atoms with Crippen molar-refractivity contribution in [2.75, 3.05) is 11.9 Å². The topological polar surface area (TPSA) is 58.6 Å². The van der Waals surface area contributed by atoms with Gasteiger partial charge >= 0.3 is 0 Å². The van der Waals surface area contributed by atoms with Gasteiger partial charge in [0.2, 0.25) is 0 Å². The van der Waals surface area contributed by atoms with Gasteiger partial charge in [-0.1, -0.05) is 32.3 Å². The van der Waals surface area contributed by atoms with Gasteiger partial charge in [0.1, 0.15) is 5.75 Å². The van der Waals surface area contributed by atoms with Crippen molar-refractivity contribution >= 4 is 11.6 Å². The van der Waals surface area contributed by atoms with Crippen molar-refractivity contribution in [2.24, 2.45) is 0 Å². The molecular weight excluding hydrogens is 230 g/mol. The molecule has 0 saturated heterocycles. The molecule has 1 unspecified atom stereocenters. The van der Waals surface area contributed by atoms with E-state index in [9.17, 15) is 9.90 Å². The maximum absolute atomic E-state index is 11.2. The number of carbonyl (C=O) groups is 1. The van der Waals surface area contributed by atoms with Crippen LogP contribution in [0.4, 0.5) is 5.69 Å². The summed E-state index contributed by atoms with van der Waals surface area (Å²) >= 11 is 0. The third kappa shape index (κ3) is 3.01. The predicted molar refractivity (Wildman–Crippen MR) is 69.7 cm³/mol. The lowest BCUT2D eigenvalue weighted by Gasteiger charge is -2.20. The van der Waals surface area contributed by atoms with Crippen LogP contribution >= 0.6 is 0 Å². The lowest BCUT2D eigenvalue weighted by atomic mass is 10.0. The smallest absolute Gasteiger partial charge is 0.262 e. The summed E-state index contributed by atoms with van der Waals surface area (Å²) in [6.07, 6.45) is 3.56. The Morgan fingerprint density at radius 2 is 2.28 bits per heavy atom. The number of ether oxygens (including phenoxy) is 1. The van der Waals surface area contributed by atoms with Crippen LogP contribution in [0, 0.1) is 0 Å². The van der Waals surface area contributed by atoms with Gasteiger partial charge in [0.15, 0.2) is 6.61 Å². The Labute approximate surface area is 107 Å². The number of rotatable bonds is 5. The average Bonchev–Trinajstić information content (AvgIpc) is 2.38. The number of anilines is 1. The van der Waals surface area contributed by atoms with Crippen LogP contribution < -0.4 is 10.1 Å². The summed E-state index contributed by atoms with van der Waals surface area (Å²) in [7, 11) is 0. The van der Waals surface area contributed by atoms with Crippen LogP contribution in [0.1, 0.15) is 44.3 Å². The van der Waals surface area contributed by atoms with Crippen molar-refractivity contribution in [3.63, 3.8) is 0 Å². The molecule has 2 N–H and O–H groups in total. The van der Waals surface area contributed by atoms with Gasteiger partial charge in [-0.2, -0.15) is 0 Å². The highest BCUT2D eigenvalue weighted by atomic mass is 16.5. The molecule has 0 bridgehead atoms. The molecular formula is C14H19NO3. The summed E-state index contributed by atoms with van der Waals surface area (Å²) < 4.78 is 5.28. The number of fused-ring (bicyclic) bond motifs is 1. The second-order valence-electron chi connectivity index (χ2n) is 4.60. The Bertz CT molecular complexity index is 431. The summed E-state index contributed by atoms with van der Waals surface area (Å²) in [6.45, 7) is 2.20. The van der Waals surface area contributed by atoms with E-state index in [0.29, 0.717) is 11.4 Å². The first kappa shape index (κ1) is 12.9. The number of nitrogens with one attached hydrogen (secondary N) is 1. The summed E-state index contributed by atoms with van der Waals surface area (Å²) in [5, 5.41) is 12.8. The minimum absolute atomic E-state index is 0.0609. The highest BCUT2D eigenvalue weighted by Gasteiger charge is 2.17. The maximum atomic E-state index is 11.2. The van der Waals surface area contributed by atoms with Gasteiger partial charge in [-0.15, -0.1) is 0 Å². The molecule has 1 atom stereocenters. The van der Waals surface area contributed by atoms with E-state index in [1.54, 1.807) is 12.1 Å². The molecule has 1 aliphatic heterocycles. The zero-order valence-corrected chi connectivity index (χ0v) is 10.6. The molecule has 1 heterocycles. The molecule has 0 radical (unpaired) electrons. The molecule has 98 valence electrons. The van der Waals surface area contributed by atoms with Crippen LogP contribution in [-0.4, -0.2) is 17.6 Å². The number of unbranched alkanes of at least 4 members (excludes halogenated alkanes) is 2. The van der Waals surface area contributed by atoms with Crippen LogP contribution in [0.3, 0.4) is 0 Å². The first-order valence-corrected chi connectivity index (χ1v) is 6.45. The van der Waals surface area contributed by atoms with Crippen molar-refractivity contribution in [3.8, 4) is 5.75 Å². The highest BCUT2D eigenvalue weighted by molar-refractivity contribution is 5.95. The van der Waals surface area contributed by atoms with E-state index in [0.717, 1.165) is 31.2 Å². The molecule has 1 amide bonds. The van der Waals surface area contributed by atoms with Crippen LogP contribution in [0.2, 0.25) is 0 Å². The number of aliphatic hydroxyl groups excluding tert-OH is 1. The Morgan fingerprint density at radius 3 is 3.06 bits per heavy atom. The van der Waals surface area contributed by atoms with Gasteiger partial charge in [-0.25, -0.2) is 0 Å². The van der Waals surface area contributed by atoms with Crippen LogP contribution in [0.25, 0.3) is 0 Å². The number of hydrogen-bond donors (Lipinski definition) is 2. The second-order valence-corrected chi connectivity index (χ2v) is 4.60. The number of aliphatic hydroxyl groups is 1. The average molecular weight is 249 g/mol. The van der Waals surface area contributed by atoms with Crippen molar-refractivity contribution in [3.05, 3.63) is 23.8 Å². The van der Waals surface area contributed by atoms with Crippen LogP contribution in [0.15, 0.2) is 18.2 Å². The van der Waals surface area contributed by atoms with Gasteiger partial charge in [0.25, 0.3) is 5.91 Å². The lowest BCUT2D eigenvalue weighted by Crippen LogP contribution is -2.25. The molecule has 0 spiro atoms. The molecule has 0 aromatic heterocycles. The van der Waals surface area contributed by atoms with Gasteiger partial charge in [0.05, 0.1) is 11.8 Å². The Morgan fingerprint density at radius 1 is 1.44 bits per heavy atom. The lowest BCUT2D eigenvalue weighted by molar-refractivity contribution is -0.118. The van der Waals surface area contributed by atoms with Crippen LogP contribution in [-0.2, 0) is 4.79 Å². The standard InChI is InChI=1S/C14H19NO3/c1-2-3-4-5-12(16)10-6-7-13-11(8-10)15-14(17)9-18-13/h6-8,12,16H,2-5,9H2,1H3,(H,15,17). The molecule has 18 heavy (non-hydrogen) atoms. The fourth-order valence-electron chi connectivity index (χ4n) is 2.06. The SMILES string of the molecule is CCCCCC(O)c1ccc2c(c1)NC(=O)CO2. The van der Waals surface area contributed by atoms with E-state index in [1.807, 2.05) is 6.07 Å². The van der Waals surface area contributed by atoms with Crippen molar-refractivity contribution in [1.82, 2.24) is 0 Å². The van der Waals surface area contributed by atoms with Gasteiger partial charge in [-0.3, -0.25) is 4.79 Å². The normalized spacial score (nSPS) is 15.6. The van der Waals surface area contributed by atoms with Gasteiger partial charge in [0, 0.05) is 0 Å². The molecule has 1 aromatic rings. The summed E-state index contributed by atoms with van der Waals surface area (Å²) in [5.74, 6) is 0.513. The third-order valence-electron chi connectivity index (χ3n) is 3.10. The first-order valence-electron chi connectivity index (χ1n) is 6.45. The minimum atomic E-state index is -0.472. The predicted octanol–water partition coefficient (Wildman–Crippen LogP) is 2.63. The highest BCUT2D eigenvalue weighted by Crippen LogP contribution is 2.31. The molecule has 2 rings (SSSR count). The molecule has 4 nitrogen and oxygen atoms in total. The molecule has 0 fully saturated rings. The number of benzene rings is 1. The van der Waals surface area contributed by atoms with E-state index in [-0.39, 0.29) is 12.5 Å². The fourth-order valence-corrected chi connectivity index (χ4v) is 2.06. The zero-order chi connectivity index (χ0) is 13.0. The first-order chi connectivity index (χ1) is 8.70. The van der Waals surface area contributed by atoms with Gasteiger partial charge < -0.3 is 15.2 Å². The van der Waals surface area contributed by atoms with E-state index in [1.165, 1.54) is 0 Å². The molecule has 0 saturated carbocycles. The van der Waals surface area contributed by atoms with E-state index >= 15 is 0 Å². The molecule has 1 aliphatic rings. The summed E-state index contributed by atoms with van der Waals surface area (Å²) in [4.78, 5) is 11.2. The Balaban J connectivity index is 2.05. The van der Waals surface area contributed by atoms with Gasteiger partial charge in [-0.05, 0) is 24.1 Å². The zero-order valence-electron chi connectivity index (χ0n) is 10.6. The largest absolute Gasteiger partial charge is 0.482 e. The quantitative estimate of drug-likeness (QED) is 0.789. The summed E-state index contributed by atoms with van der Waals surface area (Å²) in [6, 6.07) is 5.45. The maximum Gasteiger partial charge on any atom is 0.262 e. The monoisotopic (exact) mass is 249 g/mol. The minimum Gasteiger partial charge on any atom is -0.482 e. The summed E-state index contributed by atoms with van der Waals surface area (Å²) in [5.41, 5.74) is 1.48. The molecule has 0 aliphatic carbocycles. The van der Waals surface area contributed by atoms with E-state index < -0.39 is 6.10 Å². The molecule has 4 heteroatoms. The second kappa shape index (κ2) is 5.87. The number of hydrogen-bond acceptors (Lipinski definition) is 3. The van der Waals surface area contributed by atoms with Crippen molar-refractivity contribution in [1.29, 1.82) is 0 Å². The van der Waals surface area contributed by atoms with Crippen molar-refractivity contribution < 1.29 is 14.6 Å².